The molecule has 106 valence electrons. The van der Waals surface area contributed by atoms with Gasteiger partial charge in [0, 0.05) is 33.6 Å². The van der Waals surface area contributed by atoms with Crippen LogP contribution in [0.15, 0.2) is 24.3 Å². The number of hydrogen-bond donors (Lipinski definition) is 1. The molecule has 0 aliphatic rings. The molecule has 3 nitrogen and oxygen atoms in total. The molecule has 1 rings (SSSR count). The lowest BCUT2D eigenvalue weighted by molar-refractivity contribution is -0.138. The van der Waals surface area contributed by atoms with Gasteiger partial charge in [0.1, 0.15) is 0 Å². The number of amides is 1. The summed E-state index contributed by atoms with van der Waals surface area (Å²) in [6.45, 7) is 0.444. The summed E-state index contributed by atoms with van der Waals surface area (Å²) in [6.07, 6.45) is -4.08. The third-order valence-electron chi connectivity index (χ3n) is 2.65. The van der Waals surface area contributed by atoms with Crippen LogP contribution in [-0.4, -0.2) is 31.4 Å². The second-order valence-electron chi connectivity index (χ2n) is 4.37. The Bertz CT molecular complexity index is 430. The Balaban J connectivity index is 2.53. The highest BCUT2D eigenvalue weighted by molar-refractivity contribution is 5.75. The second-order valence-corrected chi connectivity index (χ2v) is 4.37. The van der Waals surface area contributed by atoms with Gasteiger partial charge in [-0.3, -0.25) is 4.79 Å². The molecule has 0 aliphatic carbocycles. The van der Waals surface area contributed by atoms with Gasteiger partial charge in [0.05, 0.1) is 5.56 Å². The van der Waals surface area contributed by atoms with Crippen molar-refractivity contribution < 1.29 is 18.0 Å². The quantitative estimate of drug-likeness (QED) is 0.835. The van der Waals surface area contributed by atoms with Gasteiger partial charge in [0.15, 0.2) is 0 Å². The average molecular weight is 274 g/mol. The number of nitrogens with zero attached hydrogens (tertiary/aromatic N) is 1. The van der Waals surface area contributed by atoms with Crippen LogP contribution in [-0.2, 0) is 17.5 Å². The zero-order chi connectivity index (χ0) is 14.5. The molecule has 0 atom stereocenters. The van der Waals surface area contributed by atoms with E-state index in [1.165, 1.54) is 17.0 Å². The SMILES string of the molecule is CN(C)C(=O)CCNCc1ccccc1C(F)(F)F. The average Bonchev–Trinajstić information content (AvgIpc) is 2.33. The highest BCUT2D eigenvalue weighted by atomic mass is 19.4. The van der Waals surface area contributed by atoms with E-state index in [0.29, 0.717) is 6.54 Å². The van der Waals surface area contributed by atoms with Crippen molar-refractivity contribution in [2.45, 2.75) is 19.1 Å². The third kappa shape index (κ3) is 4.90. The maximum absolute atomic E-state index is 12.7. The number of alkyl halides is 3. The van der Waals surface area contributed by atoms with Crippen LogP contribution in [0.25, 0.3) is 0 Å². The molecule has 0 aromatic heterocycles. The molecule has 0 saturated heterocycles. The van der Waals surface area contributed by atoms with Crippen LogP contribution in [0.4, 0.5) is 13.2 Å². The van der Waals surface area contributed by atoms with Gasteiger partial charge >= 0.3 is 6.18 Å². The van der Waals surface area contributed by atoms with Gasteiger partial charge in [0.2, 0.25) is 5.91 Å². The van der Waals surface area contributed by atoms with E-state index in [-0.39, 0.29) is 24.4 Å². The third-order valence-corrected chi connectivity index (χ3v) is 2.65. The van der Waals surface area contributed by atoms with Crippen LogP contribution < -0.4 is 5.32 Å². The molecule has 0 radical (unpaired) electrons. The Morgan fingerprint density at radius 3 is 2.47 bits per heavy atom. The van der Waals surface area contributed by atoms with Crippen molar-refractivity contribution in [2.75, 3.05) is 20.6 Å². The number of halogens is 3. The van der Waals surface area contributed by atoms with Gasteiger partial charge in [-0.2, -0.15) is 13.2 Å². The number of hydrogen-bond acceptors (Lipinski definition) is 2. The Hall–Kier alpha value is -1.56. The molecule has 19 heavy (non-hydrogen) atoms. The molecule has 0 bridgehead atoms. The minimum absolute atomic E-state index is 0.0587. The van der Waals surface area contributed by atoms with Crippen molar-refractivity contribution in [3.63, 3.8) is 0 Å². The summed E-state index contributed by atoms with van der Waals surface area (Å²) in [5, 5.41) is 2.85. The van der Waals surface area contributed by atoms with E-state index in [4.69, 9.17) is 0 Å². The first-order valence-electron chi connectivity index (χ1n) is 5.88. The van der Waals surface area contributed by atoms with Gasteiger partial charge in [0.25, 0.3) is 0 Å². The number of benzene rings is 1. The van der Waals surface area contributed by atoms with Gasteiger partial charge in [-0.15, -0.1) is 0 Å². The first-order chi connectivity index (χ1) is 8.82. The van der Waals surface area contributed by atoms with E-state index in [9.17, 15) is 18.0 Å². The zero-order valence-electron chi connectivity index (χ0n) is 10.9. The number of carbonyl (C=O) groups excluding carboxylic acids is 1. The number of carbonyl (C=O) groups is 1. The Morgan fingerprint density at radius 1 is 1.26 bits per heavy atom. The fourth-order valence-electron chi connectivity index (χ4n) is 1.59. The summed E-state index contributed by atoms with van der Waals surface area (Å²) in [6, 6.07) is 5.42. The summed E-state index contributed by atoms with van der Waals surface area (Å²) in [7, 11) is 3.28. The monoisotopic (exact) mass is 274 g/mol. The second kappa shape index (κ2) is 6.56. The molecular formula is C13H17F3N2O. The van der Waals surface area contributed by atoms with Crippen molar-refractivity contribution >= 4 is 5.91 Å². The topological polar surface area (TPSA) is 32.3 Å². The smallest absolute Gasteiger partial charge is 0.349 e. The van der Waals surface area contributed by atoms with Crippen LogP contribution in [0.2, 0.25) is 0 Å². The first-order valence-corrected chi connectivity index (χ1v) is 5.88. The maximum Gasteiger partial charge on any atom is 0.416 e. The van der Waals surface area contributed by atoms with E-state index in [0.717, 1.165) is 6.07 Å². The molecule has 1 N–H and O–H groups in total. The number of rotatable bonds is 5. The van der Waals surface area contributed by atoms with E-state index >= 15 is 0 Å². The summed E-state index contributed by atoms with van der Waals surface area (Å²) >= 11 is 0. The van der Waals surface area contributed by atoms with Crippen molar-refractivity contribution in [3.8, 4) is 0 Å². The first kappa shape index (κ1) is 15.5. The van der Waals surface area contributed by atoms with E-state index in [1.54, 1.807) is 20.2 Å². The van der Waals surface area contributed by atoms with E-state index < -0.39 is 11.7 Å². The largest absolute Gasteiger partial charge is 0.416 e. The minimum atomic E-state index is -4.35. The fourth-order valence-corrected chi connectivity index (χ4v) is 1.59. The summed E-state index contributed by atoms with van der Waals surface area (Å²) in [4.78, 5) is 12.7. The maximum atomic E-state index is 12.7. The van der Waals surface area contributed by atoms with E-state index in [1.807, 2.05) is 0 Å². The predicted molar refractivity (Wildman–Crippen MR) is 66.5 cm³/mol. The molecule has 6 heteroatoms. The van der Waals surface area contributed by atoms with Gasteiger partial charge in [-0.1, -0.05) is 18.2 Å². The molecule has 0 aliphatic heterocycles. The summed E-state index contributed by atoms with van der Waals surface area (Å²) in [5.74, 6) is -0.0587. The highest BCUT2D eigenvalue weighted by Gasteiger charge is 2.32. The minimum Gasteiger partial charge on any atom is -0.349 e. The van der Waals surface area contributed by atoms with Crippen LogP contribution in [0, 0.1) is 0 Å². The normalized spacial score (nSPS) is 11.4. The lowest BCUT2D eigenvalue weighted by Gasteiger charge is -2.14. The molecule has 0 heterocycles. The van der Waals surface area contributed by atoms with Crippen molar-refractivity contribution in [2.24, 2.45) is 0 Å². The summed E-state index contributed by atoms with van der Waals surface area (Å²) in [5.41, 5.74) is -0.450. The molecule has 0 saturated carbocycles. The predicted octanol–water partition coefficient (Wildman–Crippen LogP) is 2.27. The van der Waals surface area contributed by atoms with Gasteiger partial charge in [-0.25, -0.2) is 0 Å². The Morgan fingerprint density at radius 2 is 1.89 bits per heavy atom. The molecular weight excluding hydrogens is 257 g/mol. The summed E-state index contributed by atoms with van der Waals surface area (Å²) < 4.78 is 38.1. The molecule has 0 spiro atoms. The van der Waals surface area contributed by atoms with E-state index in [2.05, 4.69) is 5.32 Å². The molecule has 1 aromatic carbocycles. The molecule has 1 aromatic rings. The lowest BCUT2D eigenvalue weighted by Crippen LogP contribution is -2.27. The van der Waals surface area contributed by atoms with Gasteiger partial charge in [-0.05, 0) is 11.6 Å². The fraction of sp³-hybridized carbons (Fsp3) is 0.462. The Labute approximate surface area is 110 Å². The van der Waals surface area contributed by atoms with Crippen LogP contribution in [0.5, 0.6) is 0 Å². The van der Waals surface area contributed by atoms with Crippen LogP contribution in [0.3, 0.4) is 0 Å². The Kier molecular flexibility index (Phi) is 5.35. The van der Waals surface area contributed by atoms with Crippen LogP contribution >= 0.6 is 0 Å². The van der Waals surface area contributed by atoms with Crippen molar-refractivity contribution in [3.05, 3.63) is 35.4 Å². The van der Waals surface area contributed by atoms with Gasteiger partial charge < -0.3 is 10.2 Å². The van der Waals surface area contributed by atoms with Crippen molar-refractivity contribution in [1.29, 1.82) is 0 Å². The zero-order valence-corrected chi connectivity index (χ0v) is 10.9. The molecule has 0 fully saturated rings. The van der Waals surface area contributed by atoms with Crippen molar-refractivity contribution in [1.82, 2.24) is 10.2 Å². The van der Waals surface area contributed by atoms with Crippen LogP contribution in [0.1, 0.15) is 17.5 Å². The lowest BCUT2D eigenvalue weighted by atomic mass is 10.1. The number of nitrogens with one attached hydrogen (secondary N) is 1. The standard InChI is InChI=1S/C13H17F3N2O/c1-18(2)12(19)7-8-17-9-10-5-3-4-6-11(10)13(14,15)16/h3-6,17H,7-9H2,1-2H3. The molecule has 0 unspecified atom stereocenters. The highest BCUT2D eigenvalue weighted by Crippen LogP contribution is 2.31. The molecule has 1 amide bonds.